The van der Waals surface area contributed by atoms with E-state index in [0.29, 0.717) is 15.8 Å². The highest BCUT2D eigenvalue weighted by Crippen LogP contribution is 2.21. The van der Waals surface area contributed by atoms with Crippen LogP contribution in [0, 0.1) is 0 Å². The van der Waals surface area contributed by atoms with Crippen molar-refractivity contribution in [3.8, 4) is 0 Å². The Morgan fingerprint density at radius 3 is 2.84 bits per heavy atom. The smallest absolute Gasteiger partial charge is 0.261 e. The van der Waals surface area contributed by atoms with E-state index < -0.39 is 0 Å². The molecule has 2 aromatic rings. The van der Waals surface area contributed by atoms with Gasteiger partial charge in [-0.15, -0.1) is 11.3 Å². The van der Waals surface area contributed by atoms with Crippen LogP contribution in [0.5, 0.6) is 0 Å². The first-order valence-electron chi connectivity index (χ1n) is 5.72. The van der Waals surface area contributed by atoms with Gasteiger partial charge in [-0.3, -0.25) is 4.79 Å². The predicted molar refractivity (Wildman–Crippen MR) is 79.1 cm³/mol. The van der Waals surface area contributed by atoms with Crippen molar-refractivity contribution in [1.29, 1.82) is 0 Å². The molecule has 0 aliphatic carbocycles. The number of amides is 1. The Morgan fingerprint density at radius 2 is 2.21 bits per heavy atom. The van der Waals surface area contributed by atoms with Gasteiger partial charge < -0.3 is 10.2 Å². The fourth-order valence-electron chi connectivity index (χ4n) is 1.52. The summed E-state index contributed by atoms with van der Waals surface area (Å²) in [4.78, 5) is 18.6. The average Bonchev–Trinajstić information content (AvgIpc) is 2.83. The van der Waals surface area contributed by atoms with E-state index in [-0.39, 0.29) is 5.91 Å². The van der Waals surface area contributed by atoms with Crippen molar-refractivity contribution in [2.45, 2.75) is 6.54 Å². The Bertz CT molecular complexity index is 583. The van der Waals surface area contributed by atoms with Gasteiger partial charge in [-0.1, -0.05) is 11.6 Å². The molecule has 0 spiro atoms. The minimum atomic E-state index is -0.111. The van der Waals surface area contributed by atoms with Gasteiger partial charge in [0.25, 0.3) is 5.91 Å². The molecule has 0 aromatic carbocycles. The SMILES string of the molecule is CN(C)c1cc(CNC(=O)c2ccc(Cl)s2)ccn1. The lowest BCUT2D eigenvalue weighted by atomic mass is 10.2. The summed E-state index contributed by atoms with van der Waals surface area (Å²) in [6.45, 7) is 0.470. The number of anilines is 1. The highest BCUT2D eigenvalue weighted by Gasteiger charge is 2.08. The summed E-state index contributed by atoms with van der Waals surface area (Å²) in [7, 11) is 3.86. The minimum absolute atomic E-state index is 0.111. The van der Waals surface area contributed by atoms with Gasteiger partial charge in [-0.25, -0.2) is 4.98 Å². The van der Waals surface area contributed by atoms with Crippen molar-refractivity contribution in [3.63, 3.8) is 0 Å². The molecule has 0 saturated carbocycles. The van der Waals surface area contributed by atoms with Crippen molar-refractivity contribution in [2.75, 3.05) is 19.0 Å². The number of nitrogens with one attached hydrogen (secondary N) is 1. The molecule has 4 nitrogen and oxygen atoms in total. The fraction of sp³-hybridized carbons (Fsp3) is 0.231. The molecule has 0 unspecified atom stereocenters. The Morgan fingerprint density at radius 1 is 1.42 bits per heavy atom. The summed E-state index contributed by atoms with van der Waals surface area (Å²) in [5, 5.41) is 2.86. The summed E-state index contributed by atoms with van der Waals surface area (Å²) in [6, 6.07) is 7.27. The second kappa shape index (κ2) is 6.04. The first-order chi connectivity index (χ1) is 9.06. The van der Waals surface area contributed by atoms with Gasteiger partial charge in [0.05, 0.1) is 9.21 Å². The van der Waals surface area contributed by atoms with E-state index in [1.165, 1.54) is 11.3 Å². The lowest BCUT2D eigenvalue weighted by Crippen LogP contribution is -2.22. The van der Waals surface area contributed by atoms with Crippen LogP contribution in [0.1, 0.15) is 15.2 Å². The van der Waals surface area contributed by atoms with Gasteiger partial charge in [-0.2, -0.15) is 0 Å². The maximum atomic E-state index is 11.9. The summed E-state index contributed by atoms with van der Waals surface area (Å²) in [5.74, 6) is 0.756. The van der Waals surface area contributed by atoms with Gasteiger partial charge >= 0.3 is 0 Å². The number of hydrogen-bond acceptors (Lipinski definition) is 4. The van der Waals surface area contributed by atoms with Gasteiger partial charge in [0.15, 0.2) is 0 Å². The highest BCUT2D eigenvalue weighted by atomic mass is 35.5. The molecule has 0 fully saturated rings. The number of aromatic nitrogens is 1. The molecule has 2 aromatic heterocycles. The maximum Gasteiger partial charge on any atom is 0.261 e. The lowest BCUT2D eigenvalue weighted by molar-refractivity contribution is 0.0955. The zero-order chi connectivity index (χ0) is 13.8. The summed E-state index contributed by atoms with van der Waals surface area (Å²) < 4.78 is 0.615. The van der Waals surface area contributed by atoms with E-state index in [4.69, 9.17) is 11.6 Å². The van der Waals surface area contributed by atoms with Crippen LogP contribution in [0.2, 0.25) is 4.34 Å². The van der Waals surface area contributed by atoms with Gasteiger partial charge in [0.1, 0.15) is 5.82 Å². The van der Waals surface area contributed by atoms with Crippen LogP contribution in [-0.2, 0) is 6.54 Å². The van der Waals surface area contributed by atoms with Crippen LogP contribution >= 0.6 is 22.9 Å². The van der Waals surface area contributed by atoms with Crippen LogP contribution in [-0.4, -0.2) is 25.0 Å². The van der Waals surface area contributed by atoms with Crippen LogP contribution < -0.4 is 10.2 Å². The maximum absolute atomic E-state index is 11.9. The highest BCUT2D eigenvalue weighted by molar-refractivity contribution is 7.17. The van der Waals surface area contributed by atoms with Crippen LogP contribution in [0.15, 0.2) is 30.5 Å². The van der Waals surface area contributed by atoms with Crippen molar-refractivity contribution >= 4 is 34.7 Å². The number of carbonyl (C=O) groups excluding carboxylic acids is 1. The second-order valence-electron chi connectivity index (χ2n) is 4.20. The number of thiophene rings is 1. The minimum Gasteiger partial charge on any atom is -0.363 e. The molecule has 0 aliphatic rings. The number of carbonyl (C=O) groups is 1. The van der Waals surface area contributed by atoms with Crippen molar-refractivity contribution < 1.29 is 4.79 Å². The molecule has 1 amide bonds. The normalized spacial score (nSPS) is 10.3. The monoisotopic (exact) mass is 295 g/mol. The predicted octanol–water partition coefficient (Wildman–Crippen LogP) is 2.79. The van der Waals surface area contributed by atoms with Gasteiger partial charge in [0, 0.05) is 26.8 Å². The third-order valence-electron chi connectivity index (χ3n) is 2.52. The molecule has 0 bridgehead atoms. The van der Waals surface area contributed by atoms with Gasteiger partial charge in [0.2, 0.25) is 0 Å². The van der Waals surface area contributed by atoms with E-state index in [1.54, 1.807) is 18.3 Å². The third-order valence-corrected chi connectivity index (χ3v) is 3.75. The van der Waals surface area contributed by atoms with Crippen LogP contribution in [0.3, 0.4) is 0 Å². The summed E-state index contributed by atoms with van der Waals surface area (Å²) in [5.41, 5.74) is 1.01. The molecule has 0 saturated heterocycles. The number of pyridine rings is 1. The first kappa shape index (κ1) is 13.8. The number of halogens is 1. The molecular weight excluding hydrogens is 282 g/mol. The molecule has 100 valence electrons. The molecule has 6 heteroatoms. The Labute approximate surface area is 121 Å². The standard InChI is InChI=1S/C13H14ClN3OS/c1-17(2)12-7-9(5-6-15-12)8-16-13(18)10-3-4-11(14)19-10/h3-7H,8H2,1-2H3,(H,16,18). The van der Waals surface area contributed by atoms with E-state index in [0.717, 1.165) is 11.4 Å². The fourth-order valence-corrected chi connectivity index (χ4v) is 2.48. The van der Waals surface area contributed by atoms with Crippen LogP contribution in [0.4, 0.5) is 5.82 Å². The molecule has 0 atom stereocenters. The summed E-state index contributed by atoms with van der Waals surface area (Å²) in [6.07, 6.45) is 1.73. The third kappa shape index (κ3) is 3.68. The van der Waals surface area contributed by atoms with E-state index in [1.807, 2.05) is 31.1 Å². The quantitative estimate of drug-likeness (QED) is 0.943. The van der Waals surface area contributed by atoms with Crippen molar-refractivity contribution in [1.82, 2.24) is 10.3 Å². The molecule has 1 N–H and O–H groups in total. The largest absolute Gasteiger partial charge is 0.363 e. The van der Waals surface area contributed by atoms with Crippen molar-refractivity contribution in [2.24, 2.45) is 0 Å². The van der Waals surface area contributed by atoms with Crippen molar-refractivity contribution in [3.05, 3.63) is 45.2 Å². The molecule has 2 rings (SSSR count). The first-order valence-corrected chi connectivity index (χ1v) is 6.91. The second-order valence-corrected chi connectivity index (χ2v) is 5.92. The molecule has 19 heavy (non-hydrogen) atoms. The molecule has 0 aliphatic heterocycles. The Kier molecular flexibility index (Phi) is 4.39. The average molecular weight is 296 g/mol. The number of nitrogens with zero attached hydrogens (tertiary/aromatic N) is 2. The number of hydrogen-bond donors (Lipinski definition) is 1. The Hall–Kier alpha value is -1.59. The zero-order valence-corrected chi connectivity index (χ0v) is 12.3. The lowest BCUT2D eigenvalue weighted by Gasteiger charge is -2.12. The number of rotatable bonds is 4. The molecule has 2 heterocycles. The molecular formula is C13H14ClN3OS. The van der Waals surface area contributed by atoms with E-state index >= 15 is 0 Å². The van der Waals surface area contributed by atoms with E-state index in [2.05, 4.69) is 10.3 Å². The molecule has 0 radical (unpaired) electrons. The summed E-state index contributed by atoms with van der Waals surface area (Å²) >= 11 is 7.07. The zero-order valence-electron chi connectivity index (χ0n) is 10.7. The Balaban J connectivity index is 1.99. The van der Waals surface area contributed by atoms with Gasteiger partial charge in [-0.05, 0) is 29.8 Å². The van der Waals surface area contributed by atoms with E-state index in [9.17, 15) is 4.79 Å². The topological polar surface area (TPSA) is 45.2 Å². The van der Waals surface area contributed by atoms with Crippen LogP contribution in [0.25, 0.3) is 0 Å².